The summed E-state index contributed by atoms with van der Waals surface area (Å²) in [5.41, 5.74) is 2.51. The molecule has 4 aromatic rings. The molecule has 0 saturated heterocycles. The van der Waals surface area contributed by atoms with E-state index in [4.69, 9.17) is 0 Å². The largest absolute Gasteiger partial charge is 0.365 e. The van der Waals surface area contributed by atoms with Crippen molar-refractivity contribution in [3.05, 3.63) is 75.9 Å². The first-order valence-corrected chi connectivity index (χ1v) is 10.2. The van der Waals surface area contributed by atoms with Crippen molar-refractivity contribution >= 4 is 22.8 Å². The number of halogens is 2. The Morgan fingerprint density at radius 3 is 2.82 bits per heavy atom. The van der Waals surface area contributed by atoms with Crippen LogP contribution in [0.25, 0.3) is 16.7 Å². The summed E-state index contributed by atoms with van der Waals surface area (Å²) in [6.45, 7) is 1.85. The van der Waals surface area contributed by atoms with Gasteiger partial charge in [-0.05, 0) is 30.7 Å². The summed E-state index contributed by atoms with van der Waals surface area (Å²) >= 11 is 0. The number of amides is 1. The van der Waals surface area contributed by atoms with Crippen molar-refractivity contribution in [3.8, 4) is 5.69 Å². The highest BCUT2D eigenvalue weighted by molar-refractivity contribution is 5.87. The number of imidazole rings is 1. The summed E-state index contributed by atoms with van der Waals surface area (Å²) in [5, 5.41) is 5.46. The van der Waals surface area contributed by atoms with Crippen LogP contribution in [0.3, 0.4) is 0 Å². The standard InChI is InChI=1S/C22H21F2N7O2/c1-12-10-28-21(27-6-4-15-19(24)14(23)3-5-26-15)22(33)31(12)17-8-13(9-18(32)25-2)7-16-20(17)30-11-29-16/h3,5,7-8,10-11H,4,6,9H2,1-2H3,(H,25,32)(H,27,28)(H,29,30). The van der Waals surface area contributed by atoms with E-state index in [1.807, 2.05) is 6.07 Å². The SMILES string of the molecule is CNC(=O)Cc1cc(-n2c(C)cnc(NCCc3nccc(F)c3F)c2=O)c2nc[nH]c2c1. The molecule has 0 radical (unpaired) electrons. The number of carbonyl (C=O) groups is 1. The van der Waals surface area contributed by atoms with Gasteiger partial charge in [-0.25, -0.2) is 18.7 Å². The van der Waals surface area contributed by atoms with Crippen molar-refractivity contribution in [2.45, 2.75) is 19.8 Å². The Morgan fingerprint density at radius 1 is 1.21 bits per heavy atom. The molecule has 0 aliphatic carbocycles. The van der Waals surface area contributed by atoms with Crippen LogP contribution in [0.2, 0.25) is 0 Å². The van der Waals surface area contributed by atoms with Crippen molar-refractivity contribution in [1.29, 1.82) is 0 Å². The number of rotatable bonds is 7. The highest BCUT2D eigenvalue weighted by Gasteiger charge is 2.16. The zero-order valence-corrected chi connectivity index (χ0v) is 17.9. The van der Waals surface area contributed by atoms with Gasteiger partial charge in [0.05, 0.1) is 29.6 Å². The van der Waals surface area contributed by atoms with E-state index in [0.717, 1.165) is 6.07 Å². The topological polar surface area (TPSA) is 118 Å². The summed E-state index contributed by atoms with van der Waals surface area (Å²) < 4.78 is 28.7. The van der Waals surface area contributed by atoms with Crippen LogP contribution in [0.1, 0.15) is 17.0 Å². The van der Waals surface area contributed by atoms with Crippen molar-refractivity contribution in [1.82, 2.24) is 29.8 Å². The Kier molecular flexibility index (Phi) is 6.11. The Morgan fingerprint density at radius 2 is 2.03 bits per heavy atom. The molecule has 170 valence electrons. The maximum atomic E-state index is 13.8. The van der Waals surface area contributed by atoms with E-state index in [1.165, 1.54) is 23.3 Å². The smallest absolute Gasteiger partial charge is 0.298 e. The first-order valence-electron chi connectivity index (χ1n) is 10.2. The normalized spacial score (nSPS) is 11.0. The fourth-order valence-corrected chi connectivity index (χ4v) is 3.53. The average Bonchev–Trinajstić information content (AvgIpc) is 3.27. The van der Waals surface area contributed by atoms with Gasteiger partial charge >= 0.3 is 0 Å². The second-order valence-corrected chi connectivity index (χ2v) is 7.38. The number of nitrogens with zero attached hydrogens (tertiary/aromatic N) is 4. The molecule has 3 heterocycles. The molecule has 3 aromatic heterocycles. The van der Waals surface area contributed by atoms with Crippen LogP contribution in [-0.4, -0.2) is 44.0 Å². The van der Waals surface area contributed by atoms with Gasteiger partial charge < -0.3 is 15.6 Å². The van der Waals surface area contributed by atoms with Gasteiger partial charge in [0.1, 0.15) is 5.52 Å². The van der Waals surface area contributed by atoms with Gasteiger partial charge in [-0.2, -0.15) is 0 Å². The number of nitrogens with one attached hydrogen (secondary N) is 3. The molecule has 0 atom stereocenters. The van der Waals surface area contributed by atoms with E-state index in [1.54, 1.807) is 20.0 Å². The summed E-state index contributed by atoms with van der Waals surface area (Å²) in [7, 11) is 1.55. The number of hydrogen-bond acceptors (Lipinski definition) is 6. The maximum Gasteiger partial charge on any atom is 0.298 e. The number of pyridine rings is 1. The maximum absolute atomic E-state index is 13.8. The fraction of sp³-hybridized carbons (Fsp3) is 0.227. The lowest BCUT2D eigenvalue weighted by Gasteiger charge is -2.14. The number of hydrogen-bond donors (Lipinski definition) is 3. The molecule has 33 heavy (non-hydrogen) atoms. The number of carbonyl (C=O) groups excluding carboxylic acids is 1. The number of likely N-dealkylation sites (N-methyl/N-ethyl adjacent to an activating group) is 1. The first-order chi connectivity index (χ1) is 15.9. The van der Waals surface area contributed by atoms with Crippen LogP contribution in [0.4, 0.5) is 14.6 Å². The Bertz CT molecular complexity index is 1400. The van der Waals surface area contributed by atoms with Crippen LogP contribution in [-0.2, 0) is 17.6 Å². The fourth-order valence-electron chi connectivity index (χ4n) is 3.53. The zero-order chi connectivity index (χ0) is 23.5. The number of benzene rings is 1. The molecule has 1 amide bonds. The van der Waals surface area contributed by atoms with Crippen LogP contribution in [0.15, 0.2) is 41.7 Å². The predicted octanol–water partition coefficient (Wildman–Crippen LogP) is 2.03. The van der Waals surface area contributed by atoms with Crippen LogP contribution >= 0.6 is 0 Å². The van der Waals surface area contributed by atoms with E-state index < -0.39 is 17.2 Å². The van der Waals surface area contributed by atoms with E-state index >= 15 is 0 Å². The Hall–Kier alpha value is -4.15. The highest BCUT2D eigenvalue weighted by Crippen LogP contribution is 2.22. The zero-order valence-electron chi connectivity index (χ0n) is 17.9. The molecule has 3 N–H and O–H groups in total. The minimum Gasteiger partial charge on any atom is -0.365 e. The third-order valence-corrected chi connectivity index (χ3v) is 5.16. The van der Waals surface area contributed by atoms with E-state index in [9.17, 15) is 18.4 Å². The molecule has 1 aromatic carbocycles. The number of fused-ring (bicyclic) bond motifs is 1. The monoisotopic (exact) mass is 453 g/mol. The summed E-state index contributed by atoms with van der Waals surface area (Å²) in [4.78, 5) is 40.5. The summed E-state index contributed by atoms with van der Waals surface area (Å²) in [6.07, 6.45) is 4.41. The van der Waals surface area contributed by atoms with E-state index in [0.29, 0.717) is 28.0 Å². The summed E-state index contributed by atoms with van der Waals surface area (Å²) in [5.74, 6) is -2.12. The molecule has 4 rings (SSSR count). The lowest BCUT2D eigenvalue weighted by molar-refractivity contribution is -0.119. The number of H-pyrrole nitrogens is 1. The molecule has 0 unspecified atom stereocenters. The molecule has 0 saturated carbocycles. The van der Waals surface area contributed by atoms with Crippen LogP contribution in [0, 0.1) is 18.6 Å². The third-order valence-electron chi connectivity index (χ3n) is 5.16. The molecule has 0 aliphatic heterocycles. The average molecular weight is 453 g/mol. The van der Waals surface area contributed by atoms with Crippen molar-refractivity contribution in [3.63, 3.8) is 0 Å². The van der Waals surface area contributed by atoms with Gasteiger partial charge in [0.2, 0.25) is 5.91 Å². The second-order valence-electron chi connectivity index (χ2n) is 7.38. The number of aryl methyl sites for hydroxylation is 1. The molecule has 0 spiro atoms. The Balaban J connectivity index is 1.68. The summed E-state index contributed by atoms with van der Waals surface area (Å²) in [6, 6.07) is 4.49. The van der Waals surface area contributed by atoms with Crippen molar-refractivity contribution in [2.24, 2.45) is 0 Å². The van der Waals surface area contributed by atoms with Gasteiger partial charge in [-0.1, -0.05) is 0 Å². The minimum atomic E-state index is -1.01. The van der Waals surface area contributed by atoms with E-state index in [-0.39, 0.29) is 36.8 Å². The van der Waals surface area contributed by atoms with Crippen molar-refractivity contribution < 1.29 is 13.6 Å². The Labute approximate surface area is 186 Å². The molecule has 11 heteroatoms. The molecule has 9 nitrogen and oxygen atoms in total. The molecule has 0 aliphatic rings. The quantitative estimate of drug-likeness (QED) is 0.394. The van der Waals surface area contributed by atoms with Crippen LogP contribution < -0.4 is 16.2 Å². The van der Waals surface area contributed by atoms with Gasteiger partial charge in [-0.3, -0.25) is 19.1 Å². The first kappa shape index (κ1) is 22.1. The minimum absolute atomic E-state index is 0.0396. The number of aromatic amines is 1. The lowest BCUT2D eigenvalue weighted by Crippen LogP contribution is -2.27. The molecular weight excluding hydrogens is 432 g/mol. The highest BCUT2D eigenvalue weighted by atomic mass is 19.2. The second kappa shape index (κ2) is 9.15. The molecular formula is C22H21F2N7O2. The number of aromatic nitrogens is 5. The number of anilines is 1. The molecule has 0 fully saturated rings. The predicted molar refractivity (Wildman–Crippen MR) is 118 cm³/mol. The lowest BCUT2D eigenvalue weighted by atomic mass is 10.1. The van der Waals surface area contributed by atoms with E-state index in [2.05, 4.69) is 30.6 Å². The van der Waals surface area contributed by atoms with Gasteiger partial charge in [-0.15, -0.1) is 0 Å². The van der Waals surface area contributed by atoms with Crippen LogP contribution in [0.5, 0.6) is 0 Å². The van der Waals surface area contributed by atoms with Crippen molar-refractivity contribution in [2.75, 3.05) is 18.9 Å². The third kappa shape index (κ3) is 4.43. The van der Waals surface area contributed by atoms with Gasteiger partial charge in [0, 0.05) is 38.1 Å². The van der Waals surface area contributed by atoms with Gasteiger partial charge in [0.15, 0.2) is 17.5 Å². The molecule has 0 bridgehead atoms. The van der Waals surface area contributed by atoms with Gasteiger partial charge in [0.25, 0.3) is 5.56 Å².